The smallest absolute Gasteiger partial charge is 0.349 e. The van der Waals surface area contributed by atoms with Crippen molar-refractivity contribution in [3.63, 3.8) is 0 Å². The lowest BCUT2D eigenvalue weighted by molar-refractivity contribution is -0.136. The van der Waals surface area contributed by atoms with Crippen molar-refractivity contribution >= 4 is 11.9 Å². The van der Waals surface area contributed by atoms with Gasteiger partial charge in [-0.05, 0) is 47.4 Å². The highest BCUT2D eigenvalue weighted by atomic mass is 16.6. The summed E-state index contributed by atoms with van der Waals surface area (Å²) in [5.74, 6) is 0.362. The van der Waals surface area contributed by atoms with E-state index in [1.54, 1.807) is 24.3 Å². The number of carbonyl (C=O) groups excluding carboxylic acids is 2. The molecule has 5 nitrogen and oxygen atoms in total. The lowest BCUT2D eigenvalue weighted by Gasteiger charge is -2.13. The maximum Gasteiger partial charge on any atom is 0.349 e. The summed E-state index contributed by atoms with van der Waals surface area (Å²) in [7, 11) is 0. The highest BCUT2D eigenvalue weighted by molar-refractivity contribution is 5.89. The van der Waals surface area contributed by atoms with E-state index < -0.39 is 11.9 Å². The van der Waals surface area contributed by atoms with Gasteiger partial charge in [0.05, 0.1) is 12.2 Å². The van der Waals surface area contributed by atoms with Gasteiger partial charge in [-0.15, -0.1) is 0 Å². The summed E-state index contributed by atoms with van der Waals surface area (Å²) in [6, 6.07) is 23.7. The van der Waals surface area contributed by atoms with Crippen LogP contribution < -0.4 is 9.47 Å². The summed E-state index contributed by atoms with van der Waals surface area (Å²) >= 11 is 0. The molecule has 31 heavy (non-hydrogen) atoms. The minimum absolute atomic E-state index is 0.201. The maximum atomic E-state index is 12.2. The molecule has 5 heteroatoms. The van der Waals surface area contributed by atoms with Crippen LogP contribution in [-0.2, 0) is 16.0 Å². The Morgan fingerprint density at radius 1 is 0.839 bits per heavy atom. The highest BCUT2D eigenvalue weighted by Crippen LogP contribution is 2.25. The Labute approximate surface area is 182 Å². The third-order valence-corrected chi connectivity index (χ3v) is 4.67. The van der Waals surface area contributed by atoms with E-state index in [1.165, 1.54) is 0 Å². The van der Waals surface area contributed by atoms with Crippen LogP contribution >= 0.6 is 0 Å². The first-order chi connectivity index (χ1) is 15.0. The van der Waals surface area contributed by atoms with E-state index in [2.05, 4.69) is 13.8 Å². The van der Waals surface area contributed by atoms with Gasteiger partial charge in [0.15, 0.2) is 6.61 Å². The van der Waals surface area contributed by atoms with E-state index in [0.717, 1.165) is 11.1 Å². The Balaban J connectivity index is 1.46. The monoisotopic (exact) mass is 418 g/mol. The minimum Gasteiger partial charge on any atom is -0.482 e. The van der Waals surface area contributed by atoms with Crippen molar-refractivity contribution in [3.05, 3.63) is 95.6 Å². The second kappa shape index (κ2) is 11.0. The van der Waals surface area contributed by atoms with Gasteiger partial charge in [0.1, 0.15) is 11.5 Å². The molecule has 0 saturated carbocycles. The van der Waals surface area contributed by atoms with E-state index in [0.29, 0.717) is 30.1 Å². The van der Waals surface area contributed by atoms with E-state index in [1.807, 2.05) is 54.6 Å². The molecule has 3 aromatic rings. The van der Waals surface area contributed by atoms with Gasteiger partial charge in [0, 0.05) is 6.42 Å². The molecular formula is C26H26O5. The predicted octanol–water partition coefficient (Wildman–Crippen LogP) is 5.19. The van der Waals surface area contributed by atoms with Crippen LogP contribution in [0.25, 0.3) is 0 Å². The number of para-hydroxylation sites is 1. The molecule has 0 amide bonds. The van der Waals surface area contributed by atoms with Crippen LogP contribution in [0.2, 0.25) is 0 Å². The van der Waals surface area contributed by atoms with Gasteiger partial charge in [-0.2, -0.15) is 0 Å². The standard InChI is InChI=1S/C26H26O5/c1-19(2)23-10-6-7-11-24(23)30-18-25(27)31-22-14-12-21(13-15-22)26(28)29-17-16-20-8-4-3-5-9-20/h3-15,19H,16-18H2,1-2H3. The summed E-state index contributed by atoms with van der Waals surface area (Å²) in [6.07, 6.45) is 0.655. The Hall–Kier alpha value is -3.60. The van der Waals surface area contributed by atoms with Gasteiger partial charge < -0.3 is 14.2 Å². The van der Waals surface area contributed by atoms with E-state index in [9.17, 15) is 9.59 Å². The van der Waals surface area contributed by atoms with Crippen molar-refractivity contribution in [1.29, 1.82) is 0 Å². The Morgan fingerprint density at radius 2 is 1.52 bits per heavy atom. The molecule has 0 radical (unpaired) electrons. The molecule has 0 bridgehead atoms. The molecule has 0 unspecified atom stereocenters. The predicted molar refractivity (Wildman–Crippen MR) is 119 cm³/mol. The number of esters is 2. The summed E-state index contributed by atoms with van der Waals surface area (Å²) in [4.78, 5) is 24.3. The van der Waals surface area contributed by atoms with Crippen molar-refractivity contribution in [1.82, 2.24) is 0 Å². The molecule has 0 atom stereocenters. The lowest BCUT2D eigenvalue weighted by Crippen LogP contribution is -2.18. The quantitative estimate of drug-likeness (QED) is 0.353. The highest BCUT2D eigenvalue weighted by Gasteiger charge is 2.12. The normalized spacial score (nSPS) is 10.5. The molecule has 0 aromatic heterocycles. The lowest BCUT2D eigenvalue weighted by atomic mass is 10.0. The second-order valence-corrected chi connectivity index (χ2v) is 7.35. The fourth-order valence-corrected chi connectivity index (χ4v) is 3.04. The molecule has 0 aliphatic heterocycles. The molecule has 0 aliphatic rings. The van der Waals surface area contributed by atoms with E-state index >= 15 is 0 Å². The average molecular weight is 418 g/mol. The molecule has 0 N–H and O–H groups in total. The van der Waals surface area contributed by atoms with Gasteiger partial charge in [-0.1, -0.05) is 62.4 Å². The van der Waals surface area contributed by atoms with Crippen molar-refractivity contribution < 1.29 is 23.8 Å². The SMILES string of the molecule is CC(C)c1ccccc1OCC(=O)Oc1ccc(C(=O)OCCc2ccccc2)cc1. The van der Waals surface area contributed by atoms with Crippen LogP contribution in [0.1, 0.15) is 41.3 Å². The first-order valence-electron chi connectivity index (χ1n) is 10.3. The average Bonchev–Trinajstić information content (AvgIpc) is 2.79. The van der Waals surface area contributed by atoms with Crippen molar-refractivity contribution in [2.75, 3.05) is 13.2 Å². The van der Waals surface area contributed by atoms with Crippen molar-refractivity contribution in [3.8, 4) is 11.5 Å². The zero-order valence-corrected chi connectivity index (χ0v) is 17.7. The topological polar surface area (TPSA) is 61.8 Å². The van der Waals surface area contributed by atoms with Gasteiger partial charge in [0.25, 0.3) is 0 Å². The van der Waals surface area contributed by atoms with Crippen molar-refractivity contribution in [2.24, 2.45) is 0 Å². The fraction of sp³-hybridized carbons (Fsp3) is 0.231. The first kappa shape index (κ1) is 22.1. The molecule has 160 valence electrons. The fourth-order valence-electron chi connectivity index (χ4n) is 3.04. The molecule has 3 rings (SSSR count). The number of carbonyl (C=O) groups is 2. The number of benzene rings is 3. The summed E-state index contributed by atoms with van der Waals surface area (Å²) < 4.78 is 16.2. The van der Waals surface area contributed by atoms with Crippen LogP contribution in [0.15, 0.2) is 78.9 Å². The first-order valence-corrected chi connectivity index (χ1v) is 10.3. The molecule has 0 aliphatic carbocycles. The van der Waals surface area contributed by atoms with Crippen LogP contribution in [0.3, 0.4) is 0 Å². The van der Waals surface area contributed by atoms with Gasteiger partial charge >= 0.3 is 11.9 Å². The van der Waals surface area contributed by atoms with Crippen LogP contribution in [0, 0.1) is 0 Å². The molecule has 0 heterocycles. The second-order valence-electron chi connectivity index (χ2n) is 7.35. The van der Waals surface area contributed by atoms with E-state index in [4.69, 9.17) is 14.2 Å². The van der Waals surface area contributed by atoms with Crippen LogP contribution in [0.4, 0.5) is 0 Å². The molecule has 0 spiro atoms. The number of rotatable bonds is 9. The maximum absolute atomic E-state index is 12.2. The Morgan fingerprint density at radius 3 is 2.23 bits per heavy atom. The van der Waals surface area contributed by atoms with Crippen LogP contribution in [0.5, 0.6) is 11.5 Å². The number of ether oxygens (including phenoxy) is 3. The van der Waals surface area contributed by atoms with Crippen LogP contribution in [-0.4, -0.2) is 25.2 Å². The number of hydrogen-bond donors (Lipinski definition) is 0. The van der Waals surface area contributed by atoms with Gasteiger partial charge in [0.2, 0.25) is 0 Å². The summed E-state index contributed by atoms with van der Waals surface area (Å²) in [5, 5.41) is 0. The van der Waals surface area contributed by atoms with Gasteiger partial charge in [-0.25, -0.2) is 9.59 Å². The molecule has 0 fully saturated rings. The van der Waals surface area contributed by atoms with Gasteiger partial charge in [-0.3, -0.25) is 0 Å². The van der Waals surface area contributed by atoms with Crippen molar-refractivity contribution in [2.45, 2.75) is 26.2 Å². The summed E-state index contributed by atoms with van der Waals surface area (Å²) in [6.45, 7) is 4.23. The molecule has 3 aromatic carbocycles. The third kappa shape index (κ3) is 6.71. The molecular weight excluding hydrogens is 392 g/mol. The molecule has 0 saturated heterocycles. The summed E-state index contributed by atoms with van der Waals surface area (Å²) in [5.41, 5.74) is 2.54. The zero-order chi connectivity index (χ0) is 22.1. The third-order valence-electron chi connectivity index (χ3n) is 4.67. The largest absolute Gasteiger partial charge is 0.482 e. The minimum atomic E-state index is -0.517. The van der Waals surface area contributed by atoms with E-state index in [-0.39, 0.29) is 12.5 Å². The zero-order valence-electron chi connectivity index (χ0n) is 17.7. The Kier molecular flexibility index (Phi) is 7.82. The number of hydrogen-bond acceptors (Lipinski definition) is 5. The Bertz CT molecular complexity index is 994.